The zero-order valence-electron chi connectivity index (χ0n) is 14.8. The summed E-state index contributed by atoms with van der Waals surface area (Å²) in [5.41, 5.74) is 1.61. The Hall–Kier alpha value is -2.66. The van der Waals surface area contributed by atoms with Gasteiger partial charge in [0.15, 0.2) is 0 Å². The second-order valence-corrected chi connectivity index (χ2v) is 6.18. The van der Waals surface area contributed by atoms with Gasteiger partial charge >= 0.3 is 5.97 Å². The van der Waals surface area contributed by atoms with E-state index in [-0.39, 0.29) is 12.4 Å². The van der Waals surface area contributed by atoms with Gasteiger partial charge in [-0.3, -0.25) is 0 Å². The van der Waals surface area contributed by atoms with Crippen molar-refractivity contribution in [3.05, 3.63) is 59.4 Å². The van der Waals surface area contributed by atoms with Crippen molar-refractivity contribution in [2.75, 3.05) is 18.1 Å². The molecule has 0 saturated carbocycles. The Kier molecular flexibility index (Phi) is 5.68. The van der Waals surface area contributed by atoms with E-state index in [2.05, 4.69) is 21.8 Å². The summed E-state index contributed by atoms with van der Waals surface area (Å²) in [6.45, 7) is 4.85. The van der Waals surface area contributed by atoms with E-state index >= 15 is 0 Å². The Bertz CT molecular complexity index is 930. The standard InChI is InChI=1S/C20H20ClN3O2/c1-3-12-24(15-9-7-8-14(21)13-15)19-16-10-5-6-11-17(16)22-18(23-19)20(25)26-4-2/h5-11,13H,3-4,12H2,1-2H3. The van der Waals surface area contributed by atoms with E-state index in [9.17, 15) is 4.79 Å². The molecule has 0 aliphatic carbocycles. The molecule has 2 aromatic carbocycles. The minimum absolute atomic E-state index is 0.0590. The van der Waals surface area contributed by atoms with Crippen LogP contribution in [0.5, 0.6) is 0 Å². The summed E-state index contributed by atoms with van der Waals surface area (Å²) in [6.07, 6.45) is 0.902. The van der Waals surface area contributed by atoms with Crippen molar-refractivity contribution >= 4 is 40.0 Å². The number of aromatic nitrogens is 2. The number of esters is 1. The molecule has 0 fully saturated rings. The number of halogens is 1. The van der Waals surface area contributed by atoms with E-state index in [0.717, 1.165) is 24.0 Å². The lowest BCUT2D eigenvalue weighted by Crippen LogP contribution is -2.21. The number of rotatable bonds is 6. The average Bonchev–Trinajstić information content (AvgIpc) is 2.65. The van der Waals surface area contributed by atoms with Crippen LogP contribution in [0.3, 0.4) is 0 Å². The van der Waals surface area contributed by atoms with E-state index in [1.54, 1.807) is 6.92 Å². The highest BCUT2D eigenvalue weighted by Crippen LogP contribution is 2.31. The van der Waals surface area contributed by atoms with Gasteiger partial charge in [0.05, 0.1) is 12.1 Å². The normalized spacial score (nSPS) is 10.7. The van der Waals surface area contributed by atoms with E-state index in [0.29, 0.717) is 16.4 Å². The Labute approximate surface area is 157 Å². The highest BCUT2D eigenvalue weighted by molar-refractivity contribution is 6.30. The van der Waals surface area contributed by atoms with Crippen LogP contribution in [0.25, 0.3) is 10.9 Å². The van der Waals surface area contributed by atoms with Crippen molar-refractivity contribution < 1.29 is 9.53 Å². The highest BCUT2D eigenvalue weighted by atomic mass is 35.5. The summed E-state index contributed by atoms with van der Waals surface area (Å²) in [7, 11) is 0. The van der Waals surface area contributed by atoms with Crippen molar-refractivity contribution in [1.29, 1.82) is 0 Å². The summed E-state index contributed by atoms with van der Waals surface area (Å²) < 4.78 is 5.09. The first kappa shape index (κ1) is 18.1. The SMILES string of the molecule is CCCN(c1cccc(Cl)c1)c1nc(C(=O)OCC)nc2ccccc12. The minimum atomic E-state index is -0.526. The van der Waals surface area contributed by atoms with Crippen LogP contribution in [-0.4, -0.2) is 29.1 Å². The van der Waals surface area contributed by atoms with E-state index in [1.807, 2.05) is 48.5 Å². The minimum Gasteiger partial charge on any atom is -0.460 e. The number of anilines is 2. The molecule has 6 heteroatoms. The molecule has 0 spiro atoms. The number of nitrogens with zero attached hydrogens (tertiary/aromatic N) is 3. The third kappa shape index (κ3) is 3.78. The zero-order valence-corrected chi connectivity index (χ0v) is 15.5. The molecular formula is C20H20ClN3O2. The summed E-state index contributed by atoms with van der Waals surface area (Å²) in [6, 6.07) is 15.2. The molecule has 0 aliphatic heterocycles. The van der Waals surface area contributed by atoms with Gasteiger partial charge in [-0.2, -0.15) is 0 Å². The molecule has 0 aliphatic rings. The molecule has 1 heterocycles. The predicted octanol–water partition coefficient (Wildman–Crippen LogP) is 5.01. The zero-order chi connectivity index (χ0) is 18.5. The fourth-order valence-corrected chi connectivity index (χ4v) is 2.96. The Morgan fingerprint density at radius 2 is 1.92 bits per heavy atom. The Balaban J connectivity index is 2.20. The lowest BCUT2D eigenvalue weighted by molar-refractivity contribution is 0.0512. The maximum Gasteiger partial charge on any atom is 0.376 e. The number of hydrogen-bond acceptors (Lipinski definition) is 5. The van der Waals surface area contributed by atoms with Crippen molar-refractivity contribution in [1.82, 2.24) is 9.97 Å². The third-order valence-corrected chi connectivity index (χ3v) is 4.10. The van der Waals surface area contributed by atoms with Crippen LogP contribution in [0.4, 0.5) is 11.5 Å². The lowest BCUT2D eigenvalue weighted by Gasteiger charge is -2.25. The molecule has 0 N–H and O–H groups in total. The van der Waals surface area contributed by atoms with Crippen LogP contribution in [0.15, 0.2) is 48.5 Å². The molecule has 3 aromatic rings. The van der Waals surface area contributed by atoms with Crippen LogP contribution in [0, 0.1) is 0 Å². The number of benzene rings is 2. The third-order valence-electron chi connectivity index (χ3n) is 3.86. The first-order valence-electron chi connectivity index (χ1n) is 8.61. The van der Waals surface area contributed by atoms with E-state index in [4.69, 9.17) is 16.3 Å². The second-order valence-electron chi connectivity index (χ2n) is 5.74. The maximum absolute atomic E-state index is 12.2. The molecule has 0 saturated heterocycles. The van der Waals surface area contributed by atoms with Crippen LogP contribution in [0.1, 0.15) is 30.9 Å². The summed E-state index contributed by atoms with van der Waals surface area (Å²) >= 11 is 6.18. The van der Waals surface area contributed by atoms with E-state index in [1.165, 1.54) is 0 Å². The summed E-state index contributed by atoms with van der Waals surface area (Å²) in [4.78, 5) is 23.2. The first-order chi connectivity index (χ1) is 12.6. The van der Waals surface area contributed by atoms with Gasteiger partial charge in [0.2, 0.25) is 5.82 Å². The van der Waals surface area contributed by atoms with Crippen LogP contribution in [-0.2, 0) is 4.74 Å². The summed E-state index contributed by atoms with van der Waals surface area (Å²) in [5.74, 6) is 0.202. The largest absolute Gasteiger partial charge is 0.460 e. The van der Waals surface area contributed by atoms with Crippen molar-refractivity contribution in [2.45, 2.75) is 20.3 Å². The van der Waals surface area contributed by atoms with Crippen molar-refractivity contribution in [2.24, 2.45) is 0 Å². The van der Waals surface area contributed by atoms with Crippen LogP contribution < -0.4 is 4.90 Å². The van der Waals surface area contributed by atoms with Crippen molar-refractivity contribution in [3.8, 4) is 0 Å². The molecule has 0 bridgehead atoms. The molecule has 134 valence electrons. The van der Waals surface area contributed by atoms with Gasteiger partial charge in [0, 0.05) is 22.6 Å². The molecule has 0 unspecified atom stereocenters. The van der Waals surface area contributed by atoms with Crippen LogP contribution >= 0.6 is 11.6 Å². The number of hydrogen-bond donors (Lipinski definition) is 0. The topological polar surface area (TPSA) is 55.3 Å². The smallest absolute Gasteiger partial charge is 0.376 e. The predicted molar refractivity (Wildman–Crippen MR) is 104 cm³/mol. The number of para-hydroxylation sites is 1. The fourth-order valence-electron chi connectivity index (χ4n) is 2.78. The van der Waals surface area contributed by atoms with Gasteiger partial charge in [-0.05, 0) is 43.7 Å². The quantitative estimate of drug-likeness (QED) is 0.572. The number of carbonyl (C=O) groups is 1. The van der Waals surface area contributed by atoms with Crippen molar-refractivity contribution in [3.63, 3.8) is 0 Å². The number of fused-ring (bicyclic) bond motifs is 1. The number of carbonyl (C=O) groups excluding carboxylic acids is 1. The van der Waals surface area contributed by atoms with Gasteiger partial charge in [0.1, 0.15) is 5.82 Å². The summed E-state index contributed by atoms with van der Waals surface area (Å²) in [5, 5.41) is 1.52. The molecule has 3 rings (SSSR count). The van der Waals surface area contributed by atoms with Gasteiger partial charge < -0.3 is 9.64 Å². The second kappa shape index (κ2) is 8.15. The number of ether oxygens (including phenoxy) is 1. The van der Waals surface area contributed by atoms with Gasteiger partial charge in [-0.1, -0.05) is 36.7 Å². The fraction of sp³-hybridized carbons (Fsp3) is 0.250. The first-order valence-corrected chi connectivity index (χ1v) is 8.98. The monoisotopic (exact) mass is 369 g/mol. The Morgan fingerprint density at radius 1 is 1.12 bits per heavy atom. The van der Waals surface area contributed by atoms with E-state index < -0.39 is 5.97 Å². The Morgan fingerprint density at radius 3 is 2.65 bits per heavy atom. The molecule has 0 radical (unpaired) electrons. The molecule has 5 nitrogen and oxygen atoms in total. The molecule has 1 aromatic heterocycles. The molecule has 0 atom stereocenters. The van der Waals surface area contributed by atoms with Crippen LogP contribution in [0.2, 0.25) is 5.02 Å². The van der Waals surface area contributed by atoms with Gasteiger partial charge in [-0.25, -0.2) is 14.8 Å². The lowest BCUT2D eigenvalue weighted by atomic mass is 10.2. The van der Waals surface area contributed by atoms with Gasteiger partial charge in [-0.15, -0.1) is 0 Å². The highest BCUT2D eigenvalue weighted by Gasteiger charge is 2.19. The maximum atomic E-state index is 12.2. The average molecular weight is 370 g/mol. The van der Waals surface area contributed by atoms with Gasteiger partial charge in [0.25, 0.3) is 0 Å². The molecule has 26 heavy (non-hydrogen) atoms. The molecular weight excluding hydrogens is 350 g/mol. The molecule has 0 amide bonds.